The fourth-order valence-corrected chi connectivity index (χ4v) is 2.07. The molecule has 2 rings (SSSR count). The number of hydrogen-bond donors (Lipinski definition) is 1. The average Bonchev–Trinajstić information content (AvgIpc) is 2.54. The van der Waals surface area contributed by atoms with Crippen molar-refractivity contribution in [1.82, 2.24) is 4.57 Å². The highest BCUT2D eigenvalue weighted by molar-refractivity contribution is 7.79. The van der Waals surface area contributed by atoms with Crippen LogP contribution in [-0.4, -0.2) is 4.57 Å². The smallest absolute Gasteiger partial charge is 0.123 e. The Labute approximate surface area is 87.9 Å². The van der Waals surface area contributed by atoms with E-state index in [4.69, 9.17) is 0 Å². The van der Waals surface area contributed by atoms with Gasteiger partial charge in [0.25, 0.3) is 0 Å². The molecule has 0 aliphatic carbocycles. The van der Waals surface area contributed by atoms with Crippen molar-refractivity contribution in [2.24, 2.45) is 0 Å². The molecule has 1 heterocycles. The van der Waals surface area contributed by atoms with Crippen LogP contribution in [0.4, 0.5) is 4.39 Å². The van der Waals surface area contributed by atoms with E-state index in [9.17, 15) is 4.39 Å². The van der Waals surface area contributed by atoms with Gasteiger partial charge in [0.05, 0.1) is 0 Å². The van der Waals surface area contributed by atoms with Gasteiger partial charge >= 0.3 is 0 Å². The zero-order valence-electron chi connectivity index (χ0n) is 8.00. The summed E-state index contributed by atoms with van der Waals surface area (Å²) in [5.74, 6) is 0.501. The van der Waals surface area contributed by atoms with Crippen LogP contribution in [0.25, 0.3) is 10.9 Å². The monoisotopic (exact) mass is 209 g/mol. The summed E-state index contributed by atoms with van der Waals surface area (Å²) in [6.45, 7) is 2.97. The van der Waals surface area contributed by atoms with Crippen LogP contribution >= 0.6 is 12.6 Å². The van der Waals surface area contributed by atoms with E-state index >= 15 is 0 Å². The number of aromatic nitrogens is 1. The Hall–Kier alpha value is -0.960. The average molecular weight is 209 g/mol. The van der Waals surface area contributed by atoms with E-state index in [1.54, 1.807) is 6.07 Å². The molecule has 14 heavy (non-hydrogen) atoms. The lowest BCUT2D eigenvalue weighted by molar-refractivity contribution is 0.629. The first-order valence-electron chi connectivity index (χ1n) is 4.64. The number of benzene rings is 1. The Kier molecular flexibility index (Phi) is 2.50. The Bertz CT molecular complexity index is 462. The predicted octanol–water partition coefficient (Wildman–Crippen LogP) is 3.23. The highest BCUT2D eigenvalue weighted by Crippen LogP contribution is 2.21. The van der Waals surface area contributed by atoms with Crippen molar-refractivity contribution in [2.45, 2.75) is 19.2 Å². The molecule has 1 aromatic carbocycles. The van der Waals surface area contributed by atoms with Crippen molar-refractivity contribution in [1.29, 1.82) is 0 Å². The highest BCUT2D eigenvalue weighted by Gasteiger charge is 2.06. The Morgan fingerprint density at radius 3 is 2.79 bits per heavy atom. The van der Waals surface area contributed by atoms with Crippen LogP contribution in [0.2, 0.25) is 0 Å². The summed E-state index contributed by atoms with van der Waals surface area (Å²) in [7, 11) is 0. The summed E-state index contributed by atoms with van der Waals surface area (Å²) in [4.78, 5) is 0. The second kappa shape index (κ2) is 3.65. The summed E-state index contributed by atoms with van der Waals surface area (Å²) >= 11 is 4.26. The maximum Gasteiger partial charge on any atom is 0.123 e. The first-order chi connectivity index (χ1) is 6.76. The lowest BCUT2D eigenvalue weighted by atomic mass is 10.2. The standard InChI is InChI=1S/C11H12FNS/c1-2-13-10(7-14)6-8-5-9(12)3-4-11(8)13/h3-6,14H,2,7H2,1H3. The first-order valence-corrected chi connectivity index (χ1v) is 5.28. The van der Waals surface area contributed by atoms with Crippen LogP contribution in [0.3, 0.4) is 0 Å². The summed E-state index contributed by atoms with van der Waals surface area (Å²) in [6, 6.07) is 6.88. The molecule has 0 atom stereocenters. The zero-order valence-corrected chi connectivity index (χ0v) is 8.89. The van der Waals surface area contributed by atoms with Crippen molar-refractivity contribution in [3.63, 3.8) is 0 Å². The summed E-state index contributed by atoms with van der Waals surface area (Å²) < 4.78 is 15.1. The van der Waals surface area contributed by atoms with E-state index in [0.717, 1.165) is 23.1 Å². The highest BCUT2D eigenvalue weighted by atomic mass is 32.1. The molecule has 0 amide bonds. The Morgan fingerprint density at radius 2 is 2.14 bits per heavy atom. The van der Waals surface area contributed by atoms with Gasteiger partial charge in [-0.15, -0.1) is 0 Å². The second-order valence-corrected chi connectivity index (χ2v) is 3.56. The number of aryl methyl sites for hydroxylation is 1. The zero-order chi connectivity index (χ0) is 10.1. The molecule has 1 aromatic heterocycles. The van der Waals surface area contributed by atoms with Crippen LogP contribution in [-0.2, 0) is 12.3 Å². The lowest BCUT2D eigenvalue weighted by Gasteiger charge is -2.04. The third-order valence-electron chi connectivity index (χ3n) is 2.43. The number of thiol groups is 1. The minimum Gasteiger partial charge on any atom is -0.344 e. The fourth-order valence-electron chi connectivity index (χ4n) is 1.80. The second-order valence-electron chi connectivity index (χ2n) is 3.24. The van der Waals surface area contributed by atoms with Gasteiger partial charge in [-0.25, -0.2) is 4.39 Å². The molecule has 0 spiro atoms. The van der Waals surface area contributed by atoms with Gasteiger partial charge in [-0.1, -0.05) is 0 Å². The van der Waals surface area contributed by atoms with E-state index in [1.807, 2.05) is 12.1 Å². The Balaban J connectivity index is 2.73. The topological polar surface area (TPSA) is 4.93 Å². The van der Waals surface area contributed by atoms with Gasteiger partial charge in [-0.05, 0) is 31.2 Å². The molecule has 0 radical (unpaired) electrons. The summed E-state index contributed by atoms with van der Waals surface area (Å²) in [5, 5.41) is 0.955. The molecule has 0 aliphatic rings. The van der Waals surface area contributed by atoms with Gasteiger partial charge in [0.1, 0.15) is 5.82 Å². The molecule has 1 nitrogen and oxygen atoms in total. The largest absolute Gasteiger partial charge is 0.344 e. The van der Waals surface area contributed by atoms with Crippen LogP contribution < -0.4 is 0 Å². The van der Waals surface area contributed by atoms with Gasteiger partial charge < -0.3 is 4.57 Å². The molecule has 0 unspecified atom stereocenters. The molecular weight excluding hydrogens is 197 g/mol. The van der Waals surface area contributed by atoms with Crippen molar-refractivity contribution in [3.8, 4) is 0 Å². The van der Waals surface area contributed by atoms with Gasteiger partial charge in [-0.2, -0.15) is 12.6 Å². The summed E-state index contributed by atoms with van der Waals surface area (Å²) in [6.07, 6.45) is 0. The van der Waals surface area contributed by atoms with E-state index < -0.39 is 0 Å². The summed E-state index contributed by atoms with van der Waals surface area (Å²) in [5.41, 5.74) is 2.22. The van der Waals surface area contributed by atoms with Crippen molar-refractivity contribution in [2.75, 3.05) is 0 Å². The van der Waals surface area contributed by atoms with Crippen molar-refractivity contribution in [3.05, 3.63) is 35.8 Å². The lowest BCUT2D eigenvalue weighted by Crippen LogP contribution is -1.97. The molecule has 74 valence electrons. The van der Waals surface area contributed by atoms with E-state index in [1.165, 1.54) is 6.07 Å². The molecule has 0 saturated carbocycles. The number of hydrogen-bond acceptors (Lipinski definition) is 1. The number of rotatable bonds is 2. The minimum atomic E-state index is -0.184. The minimum absolute atomic E-state index is 0.184. The van der Waals surface area contributed by atoms with E-state index in [2.05, 4.69) is 24.1 Å². The Morgan fingerprint density at radius 1 is 1.36 bits per heavy atom. The molecule has 2 aromatic rings. The van der Waals surface area contributed by atoms with Crippen molar-refractivity contribution < 1.29 is 4.39 Å². The first kappa shape index (κ1) is 9.59. The van der Waals surface area contributed by atoms with Gasteiger partial charge in [0.2, 0.25) is 0 Å². The van der Waals surface area contributed by atoms with Crippen LogP contribution in [0.1, 0.15) is 12.6 Å². The van der Waals surface area contributed by atoms with E-state index in [-0.39, 0.29) is 5.82 Å². The molecular formula is C11H12FNS. The van der Waals surface area contributed by atoms with Crippen LogP contribution in [0.5, 0.6) is 0 Å². The fraction of sp³-hybridized carbons (Fsp3) is 0.273. The van der Waals surface area contributed by atoms with Crippen LogP contribution in [0, 0.1) is 5.82 Å². The SMILES string of the molecule is CCn1c(CS)cc2cc(F)ccc21. The van der Waals surface area contributed by atoms with Crippen molar-refractivity contribution >= 4 is 23.5 Å². The molecule has 0 bridgehead atoms. The molecule has 0 N–H and O–H groups in total. The maximum absolute atomic E-state index is 13.0. The van der Waals surface area contributed by atoms with Gasteiger partial charge in [0.15, 0.2) is 0 Å². The molecule has 0 saturated heterocycles. The normalized spacial score (nSPS) is 11.1. The van der Waals surface area contributed by atoms with Gasteiger partial charge in [-0.3, -0.25) is 0 Å². The maximum atomic E-state index is 13.0. The van der Waals surface area contributed by atoms with Crippen LogP contribution in [0.15, 0.2) is 24.3 Å². The predicted molar refractivity (Wildman–Crippen MR) is 60.3 cm³/mol. The third-order valence-corrected chi connectivity index (χ3v) is 2.75. The number of fused-ring (bicyclic) bond motifs is 1. The number of halogens is 1. The quantitative estimate of drug-likeness (QED) is 0.725. The third kappa shape index (κ3) is 1.42. The molecule has 0 fully saturated rings. The van der Waals surface area contributed by atoms with Gasteiger partial charge in [0, 0.05) is 28.9 Å². The molecule has 0 aliphatic heterocycles. The van der Waals surface area contributed by atoms with E-state index in [0.29, 0.717) is 5.75 Å². The molecule has 3 heteroatoms. The number of nitrogens with zero attached hydrogens (tertiary/aromatic N) is 1.